The number of benzene rings is 1. The molecule has 0 saturated heterocycles. The van der Waals surface area contributed by atoms with Gasteiger partial charge in [-0.3, -0.25) is 5.01 Å². The molecule has 1 saturated carbocycles. The summed E-state index contributed by atoms with van der Waals surface area (Å²) in [6.45, 7) is 1.78. The minimum atomic E-state index is -1.02. The van der Waals surface area contributed by atoms with Gasteiger partial charge in [-0.25, -0.2) is 24.4 Å². The van der Waals surface area contributed by atoms with Gasteiger partial charge >= 0.3 is 5.97 Å². The van der Waals surface area contributed by atoms with Gasteiger partial charge in [0.25, 0.3) is 0 Å². The van der Waals surface area contributed by atoms with E-state index in [2.05, 4.69) is 20.3 Å². The summed E-state index contributed by atoms with van der Waals surface area (Å²) in [4.78, 5) is 24.9. The molecule has 4 rings (SSSR count). The molecule has 0 spiro atoms. The molecule has 0 bridgehead atoms. The fraction of sp³-hybridized carbons (Fsp3) is 0.429. The third-order valence-corrected chi connectivity index (χ3v) is 5.74. The maximum atomic E-state index is 13.6. The Morgan fingerprint density at radius 1 is 1.31 bits per heavy atom. The third-order valence-electron chi connectivity index (χ3n) is 5.74. The molecule has 0 aliphatic heterocycles. The second-order valence-corrected chi connectivity index (χ2v) is 7.95. The van der Waals surface area contributed by atoms with Crippen molar-refractivity contribution < 1.29 is 18.7 Å². The normalized spacial score (nSPS) is 15.2. The molecular weight excluding hydrogens is 420 g/mol. The van der Waals surface area contributed by atoms with Gasteiger partial charge in [-0.1, -0.05) is 25.8 Å². The Morgan fingerprint density at radius 2 is 2.06 bits per heavy atom. The number of rotatable bonds is 8. The Balaban J connectivity index is 1.74. The lowest BCUT2D eigenvalue weighted by Gasteiger charge is -2.20. The highest BCUT2D eigenvalue weighted by Crippen LogP contribution is 2.33. The summed E-state index contributed by atoms with van der Waals surface area (Å²) in [5.74, 6) is 3.72. The zero-order valence-electron chi connectivity index (χ0n) is 17.6. The van der Waals surface area contributed by atoms with E-state index < -0.39 is 23.6 Å². The Hall–Kier alpha value is -3.34. The number of hydrogen-bond acceptors (Lipinski definition) is 7. The largest absolute Gasteiger partial charge is 0.480 e. The van der Waals surface area contributed by atoms with Gasteiger partial charge < -0.3 is 15.0 Å². The zero-order valence-corrected chi connectivity index (χ0v) is 17.6. The van der Waals surface area contributed by atoms with Crippen LogP contribution in [0, 0.1) is 11.6 Å². The van der Waals surface area contributed by atoms with Crippen molar-refractivity contribution in [3.63, 3.8) is 0 Å². The number of anilines is 2. The molecule has 170 valence electrons. The quantitative estimate of drug-likeness (QED) is 0.356. The van der Waals surface area contributed by atoms with E-state index >= 15 is 0 Å². The predicted octanol–water partition coefficient (Wildman–Crippen LogP) is 3.38. The number of carboxylic acid groups (broad SMARTS) is 1. The van der Waals surface area contributed by atoms with Crippen LogP contribution >= 0.6 is 0 Å². The van der Waals surface area contributed by atoms with Crippen molar-refractivity contribution in [1.82, 2.24) is 19.5 Å². The van der Waals surface area contributed by atoms with Gasteiger partial charge in [0.2, 0.25) is 5.95 Å². The van der Waals surface area contributed by atoms with E-state index in [4.69, 9.17) is 5.84 Å². The number of hydrogen-bond donors (Lipinski definition) is 3. The molecule has 0 unspecified atom stereocenters. The molecule has 9 nitrogen and oxygen atoms in total. The molecule has 1 aliphatic rings. The lowest BCUT2D eigenvalue weighted by Crippen LogP contribution is -2.33. The third kappa shape index (κ3) is 4.33. The SMILES string of the molecule is CC[C@@H](Nc1nc(N(N)Cc2ccc(F)c(F)c2)c2ncn(C3CCCC3)c2n1)C(=O)O. The molecule has 3 aromatic rings. The molecule has 1 aliphatic carbocycles. The number of fused-ring (bicyclic) bond motifs is 1. The van der Waals surface area contributed by atoms with Crippen molar-refractivity contribution in [3.05, 3.63) is 41.7 Å². The van der Waals surface area contributed by atoms with Crippen LogP contribution in [0.25, 0.3) is 11.2 Å². The van der Waals surface area contributed by atoms with Crippen LogP contribution in [-0.4, -0.2) is 36.6 Å². The minimum absolute atomic E-state index is 0.0369. The van der Waals surface area contributed by atoms with Gasteiger partial charge in [-0.15, -0.1) is 0 Å². The molecule has 0 radical (unpaired) electrons. The summed E-state index contributed by atoms with van der Waals surface area (Å²) in [6, 6.07) is 2.91. The summed E-state index contributed by atoms with van der Waals surface area (Å²) in [6.07, 6.45) is 6.26. The Bertz CT molecular complexity index is 1130. The first-order chi connectivity index (χ1) is 15.4. The van der Waals surface area contributed by atoms with E-state index in [9.17, 15) is 18.7 Å². The topological polar surface area (TPSA) is 122 Å². The number of aliphatic carboxylic acids is 1. The van der Waals surface area contributed by atoms with Crippen LogP contribution in [0.3, 0.4) is 0 Å². The van der Waals surface area contributed by atoms with Crippen molar-refractivity contribution in [1.29, 1.82) is 0 Å². The van der Waals surface area contributed by atoms with Gasteiger partial charge in [0.05, 0.1) is 12.9 Å². The molecule has 0 amide bonds. The van der Waals surface area contributed by atoms with Crippen LogP contribution in [0.2, 0.25) is 0 Å². The number of aromatic nitrogens is 4. The Kier molecular flexibility index (Phi) is 6.17. The number of imidazole rings is 1. The smallest absolute Gasteiger partial charge is 0.326 e. The standard InChI is InChI=1S/C21H25F2N7O2/c1-2-16(20(31)32)26-21-27-18-17(25-11-29(18)13-5-3-4-6-13)19(28-21)30(24)10-12-7-8-14(22)15(23)9-12/h7-9,11,13,16H,2-6,10,24H2,1H3,(H,31,32)(H,26,27,28)/t16-/m1/s1. The highest BCUT2D eigenvalue weighted by Gasteiger charge is 2.25. The Labute approximate surface area is 183 Å². The minimum Gasteiger partial charge on any atom is -0.480 e. The number of nitrogens with two attached hydrogens (primary N) is 1. The molecular formula is C21H25F2N7O2. The molecule has 32 heavy (non-hydrogen) atoms. The maximum absolute atomic E-state index is 13.6. The summed E-state index contributed by atoms with van der Waals surface area (Å²) in [7, 11) is 0. The fourth-order valence-electron chi connectivity index (χ4n) is 4.02. The molecule has 1 atom stereocenters. The summed E-state index contributed by atoms with van der Waals surface area (Å²) >= 11 is 0. The number of carbonyl (C=O) groups is 1. The van der Waals surface area contributed by atoms with E-state index in [0.29, 0.717) is 23.1 Å². The molecule has 1 aromatic carbocycles. The van der Waals surface area contributed by atoms with Crippen molar-refractivity contribution in [2.45, 2.75) is 57.7 Å². The number of nitrogens with zero attached hydrogens (tertiary/aromatic N) is 5. The first kappa shape index (κ1) is 21.9. The second kappa shape index (κ2) is 9.03. The molecule has 4 N–H and O–H groups in total. The fourth-order valence-corrected chi connectivity index (χ4v) is 4.02. The van der Waals surface area contributed by atoms with Crippen molar-refractivity contribution in [2.24, 2.45) is 5.84 Å². The van der Waals surface area contributed by atoms with Crippen molar-refractivity contribution >= 4 is 28.9 Å². The van der Waals surface area contributed by atoms with Crippen LogP contribution in [0.4, 0.5) is 20.5 Å². The van der Waals surface area contributed by atoms with E-state index in [1.54, 1.807) is 13.3 Å². The highest BCUT2D eigenvalue weighted by atomic mass is 19.2. The number of halogens is 2. The lowest BCUT2D eigenvalue weighted by atomic mass is 10.2. The molecule has 2 heterocycles. The van der Waals surface area contributed by atoms with Gasteiger partial charge in [-0.2, -0.15) is 9.97 Å². The first-order valence-electron chi connectivity index (χ1n) is 10.6. The van der Waals surface area contributed by atoms with Crippen LogP contribution in [0.1, 0.15) is 50.6 Å². The number of carboxylic acids is 1. The van der Waals surface area contributed by atoms with Crippen LogP contribution < -0.4 is 16.2 Å². The van der Waals surface area contributed by atoms with E-state index in [-0.39, 0.29) is 24.4 Å². The monoisotopic (exact) mass is 445 g/mol. The van der Waals surface area contributed by atoms with Crippen molar-refractivity contribution in [3.8, 4) is 0 Å². The predicted molar refractivity (Wildman–Crippen MR) is 115 cm³/mol. The molecule has 2 aromatic heterocycles. The average molecular weight is 445 g/mol. The van der Waals surface area contributed by atoms with Gasteiger partial charge in [0.1, 0.15) is 6.04 Å². The molecule has 1 fully saturated rings. The maximum Gasteiger partial charge on any atom is 0.326 e. The van der Waals surface area contributed by atoms with Crippen LogP contribution in [0.15, 0.2) is 24.5 Å². The summed E-state index contributed by atoms with van der Waals surface area (Å²) < 4.78 is 28.9. The molecule has 11 heteroatoms. The van der Waals surface area contributed by atoms with Gasteiger partial charge in [0.15, 0.2) is 28.6 Å². The van der Waals surface area contributed by atoms with E-state index in [0.717, 1.165) is 37.8 Å². The summed E-state index contributed by atoms with van der Waals surface area (Å²) in [5.41, 5.74) is 1.45. The van der Waals surface area contributed by atoms with E-state index in [1.807, 2.05) is 4.57 Å². The zero-order chi connectivity index (χ0) is 22.8. The number of hydrazine groups is 1. The number of nitrogens with one attached hydrogen (secondary N) is 1. The van der Waals surface area contributed by atoms with Crippen molar-refractivity contribution in [2.75, 3.05) is 10.3 Å². The van der Waals surface area contributed by atoms with Gasteiger partial charge in [-0.05, 0) is 37.0 Å². The van der Waals surface area contributed by atoms with Crippen LogP contribution in [-0.2, 0) is 11.3 Å². The lowest BCUT2D eigenvalue weighted by molar-refractivity contribution is -0.138. The van der Waals surface area contributed by atoms with Crippen LogP contribution in [0.5, 0.6) is 0 Å². The Morgan fingerprint density at radius 3 is 2.72 bits per heavy atom. The van der Waals surface area contributed by atoms with E-state index in [1.165, 1.54) is 11.1 Å². The first-order valence-corrected chi connectivity index (χ1v) is 10.6. The van der Waals surface area contributed by atoms with Gasteiger partial charge in [0, 0.05) is 6.04 Å². The highest BCUT2D eigenvalue weighted by molar-refractivity contribution is 5.85. The second-order valence-electron chi connectivity index (χ2n) is 7.95. The summed E-state index contributed by atoms with van der Waals surface area (Å²) in [5, 5.41) is 13.5. The average Bonchev–Trinajstić information content (AvgIpc) is 3.43.